The van der Waals surface area contributed by atoms with E-state index in [4.69, 9.17) is 0 Å². The molecule has 1 aliphatic rings. The number of aromatic nitrogens is 3. The molecule has 0 radical (unpaired) electrons. The van der Waals surface area contributed by atoms with Gasteiger partial charge in [0.05, 0.1) is 17.8 Å². The topological polar surface area (TPSA) is 51.0 Å². The zero-order valence-electron chi connectivity index (χ0n) is 9.34. The van der Waals surface area contributed by atoms with Crippen LogP contribution in [0, 0.1) is 6.92 Å². The highest BCUT2D eigenvalue weighted by Gasteiger charge is 2.33. The number of hydrogen-bond acceptors (Lipinski definition) is 4. The number of Topliss-reactive ketones (excluding diaryl/α,β-unsaturated/α-hetero) is 1. The molecule has 0 saturated carbocycles. The molecule has 1 aliphatic heterocycles. The number of rotatable bonds is 2. The quantitative estimate of drug-likeness (QED) is 0.707. The summed E-state index contributed by atoms with van der Waals surface area (Å²) in [6.07, 6.45) is 2.77. The number of nitrogens with zero attached hydrogens (tertiary/aromatic N) is 4. The third kappa shape index (κ3) is 1.92. The molecule has 2 unspecified atom stereocenters. The molecule has 15 heavy (non-hydrogen) atoms. The first-order valence-electron chi connectivity index (χ1n) is 5.17. The second kappa shape index (κ2) is 3.73. The molecule has 2 heterocycles. The summed E-state index contributed by atoms with van der Waals surface area (Å²) in [5, 5.41) is 8.02. The lowest BCUT2D eigenvalue weighted by atomic mass is 10.1. The van der Waals surface area contributed by atoms with Gasteiger partial charge >= 0.3 is 0 Å². The predicted octanol–water partition coefficient (Wildman–Crippen LogP) is 0.421. The van der Waals surface area contributed by atoms with Crippen molar-refractivity contribution in [3.8, 4) is 0 Å². The summed E-state index contributed by atoms with van der Waals surface area (Å²) in [5.41, 5.74) is 0.920. The lowest BCUT2D eigenvalue weighted by Crippen LogP contribution is -2.30. The maximum absolute atomic E-state index is 11.4. The van der Waals surface area contributed by atoms with Crippen LogP contribution in [-0.2, 0) is 4.79 Å². The third-order valence-corrected chi connectivity index (χ3v) is 2.99. The van der Waals surface area contributed by atoms with Crippen molar-refractivity contribution >= 4 is 5.78 Å². The van der Waals surface area contributed by atoms with Gasteiger partial charge in [-0.15, -0.1) is 5.10 Å². The Labute approximate surface area is 89.1 Å². The summed E-state index contributed by atoms with van der Waals surface area (Å²) in [7, 11) is 1.98. The van der Waals surface area contributed by atoms with Crippen LogP contribution < -0.4 is 0 Å². The van der Waals surface area contributed by atoms with E-state index < -0.39 is 0 Å². The summed E-state index contributed by atoms with van der Waals surface area (Å²) in [5.74, 6) is 0.233. The minimum atomic E-state index is 0.0412. The minimum absolute atomic E-state index is 0.0412. The van der Waals surface area contributed by atoms with E-state index in [9.17, 15) is 4.79 Å². The van der Waals surface area contributed by atoms with E-state index in [1.807, 2.05) is 24.9 Å². The van der Waals surface area contributed by atoms with Gasteiger partial charge in [-0.3, -0.25) is 9.69 Å². The zero-order chi connectivity index (χ0) is 11.0. The molecular formula is C10H16N4O. The second-order valence-electron chi connectivity index (χ2n) is 4.30. The van der Waals surface area contributed by atoms with E-state index >= 15 is 0 Å². The van der Waals surface area contributed by atoms with Gasteiger partial charge in [0.15, 0.2) is 0 Å². The molecule has 0 N–H and O–H groups in total. The van der Waals surface area contributed by atoms with Crippen LogP contribution in [0.2, 0.25) is 0 Å². The molecule has 0 aliphatic carbocycles. The third-order valence-electron chi connectivity index (χ3n) is 2.99. The summed E-state index contributed by atoms with van der Waals surface area (Å²) in [6.45, 7) is 4.44. The van der Waals surface area contributed by atoms with Crippen molar-refractivity contribution in [2.75, 3.05) is 13.6 Å². The van der Waals surface area contributed by atoms with Gasteiger partial charge in [0.1, 0.15) is 5.78 Å². The van der Waals surface area contributed by atoms with Crippen molar-refractivity contribution in [2.45, 2.75) is 32.4 Å². The van der Waals surface area contributed by atoms with Crippen LogP contribution in [0.25, 0.3) is 0 Å². The lowest BCUT2D eigenvalue weighted by Gasteiger charge is -2.14. The van der Waals surface area contributed by atoms with E-state index in [1.165, 1.54) is 0 Å². The van der Waals surface area contributed by atoms with E-state index in [0.717, 1.165) is 18.7 Å². The number of hydrogen-bond donors (Lipinski definition) is 0. The standard InChI is InChI=1S/C10H16N4O/c1-7-5-14(12-11-7)9-4-10(8(2)15)13(3)6-9/h5,9-10H,4,6H2,1-3H3. The zero-order valence-corrected chi connectivity index (χ0v) is 9.34. The number of aryl methyl sites for hydroxylation is 1. The van der Waals surface area contributed by atoms with Crippen LogP contribution in [0.4, 0.5) is 0 Å². The highest BCUT2D eigenvalue weighted by atomic mass is 16.1. The molecule has 0 amide bonds. The predicted molar refractivity (Wildman–Crippen MR) is 55.5 cm³/mol. The van der Waals surface area contributed by atoms with Crippen LogP contribution in [-0.4, -0.2) is 45.3 Å². The molecule has 0 spiro atoms. The van der Waals surface area contributed by atoms with Crippen LogP contribution in [0.1, 0.15) is 25.1 Å². The molecule has 1 aromatic heterocycles. The Morgan fingerprint density at radius 2 is 2.33 bits per heavy atom. The van der Waals surface area contributed by atoms with E-state index in [2.05, 4.69) is 15.2 Å². The number of likely N-dealkylation sites (N-methyl/N-ethyl adjacent to an activating group) is 1. The Balaban J connectivity index is 2.12. The van der Waals surface area contributed by atoms with Crippen molar-refractivity contribution in [1.82, 2.24) is 19.9 Å². The molecule has 0 bridgehead atoms. The van der Waals surface area contributed by atoms with Gasteiger partial charge < -0.3 is 0 Å². The van der Waals surface area contributed by atoms with Crippen molar-refractivity contribution in [3.05, 3.63) is 11.9 Å². The van der Waals surface area contributed by atoms with E-state index in [1.54, 1.807) is 6.92 Å². The Morgan fingerprint density at radius 1 is 1.60 bits per heavy atom. The first-order chi connectivity index (χ1) is 7.08. The van der Waals surface area contributed by atoms with Gasteiger partial charge in [-0.2, -0.15) is 0 Å². The number of likely N-dealkylation sites (tertiary alicyclic amines) is 1. The SMILES string of the molecule is CC(=O)C1CC(n2cc(C)nn2)CN1C. The van der Waals surface area contributed by atoms with Crippen molar-refractivity contribution in [2.24, 2.45) is 0 Å². The number of carbonyl (C=O) groups excluding carboxylic acids is 1. The van der Waals surface area contributed by atoms with Crippen molar-refractivity contribution in [3.63, 3.8) is 0 Å². The molecule has 1 saturated heterocycles. The Hall–Kier alpha value is -1.23. The van der Waals surface area contributed by atoms with E-state index in [-0.39, 0.29) is 17.9 Å². The Bertz CT molecular complexity index is 373. The van der Waals surface area contributed by atoms with Crippen LogP contribution in [0.3, 0.4) is 0 Å². The summed E-state index contributed by atoms with van der Waals surface area (Å²) >= 11 is 0. The largest absolute Gasteiger partial charge is 0.298 e. The van der Waals surface area contributed by atoms with Gasteiger partial charge in [0.2, 0.25) is 0 Å². The molecule has 2 atom stereocenters. The van der Waals surface area contributed by atoms with Gasteiger partial charge in [-0.05, 0) is 27.3 Å². The summed E-state index contributed by atoms with van der Waals surface area (Å²) in [6, 6.07) is 0.324. The maximum atomic E-state index is 11.4. The van der Waals surface area contributed by atoms with Gasteiger partial charge in [0.25, 0.3) is 0 Å². The summed E-state index contributed by atoms with van der Waals surface area (Å²) < 4.78 is 1.87. The molecule has 1 aromatic rings. The molecule has 5 heteroatoms. The average Bonchev–Trinajstić information content (AvgIpc) is 2.71. The first-order valence-corrected chi connectivity index (χ1v) is 5.17. The van der Waals surface area contributed by atoms with Crippen LogP contribution in [0.15, 0.2) is 6.20 Å². The monoisotopic (exact) mass is 208 g/mol. The average molecular weight is 208 g/mol. The van der Waals surface area contributed by atoms with Gasteiger partial charge in [0, 0.05) is 12.7 Å². The molecular weight excluding hydrogens is 192 g/mol. The van der Waals surface area contributed by atoms with Gasteiger partial charge in [-0.25, -0.2) is 4.68 Å². The normalized spacial score (nSPS) is 27.1. The number of carbonyl (C=O) groups is 1. The van der Waals surface area contributed by atoms with Crippen LogP contribution in [0.5, 0.6) is 0 Å². The Kier molecular flexibility index (Phi) is 2.56. The fraction of sp³-hybridized carbons (Fsp3) is 0.700. The van der Waals surface area contributed by atoms with Crippen molar-refractivity contribution < 1.29 is 4.79 Å². The Morgan fingerprint density at radius 3 is 2.80 bits per heavy atom. The lowest BCUT2D eigenvalue weighted by molar-refractivity contribution is -0.120. The molecule has 82 valence electrons. The summed E-state index contributed by atoms with van der Waals surface area (Å²) in [4.78, 5) is 13.4. The highest BCUT2D eigenvalue weighted by molar-refractivity contribution is 5.81. The molecule has 2 rings (SSSR count). The smallest absolute Gasteiger partial charge is 0.146 e. The minimum Gasteiger partial charge on any atom is -0.298 e. The molecule has 5 nitrogen and oxygen atoms in total. The fourth-order valence-corrected chi connectivity index (χ4v) is 2.18. The van der Waals surface area contributed by atoms with Crippen molar-refractivity contribution in [1.29, 1.82) is 0 Å². The molecule has 0 aromatic carbocycles. The van der Waals surface area contributed by atoms with Crippen LogP contribution >= 0.6 is 0 Å². The van der Waals surface area contributed by atoms with Gasteiger partial charge in [-0.1, -0.05) is 5.21 Å². The number of ketones is 1. The molecule has 1 fully saturated rings. The van der Waals surface area contributed by atoms with E-state index in [0.29, 0.717) is 0 Å². The highest BCUT2D eigenvalue weighted by Crippen LogP contribution is 2.25. The second-order valence-corrected chi connectivity index (χ2v) is 4.30. The fourth-order valence-electron chi connectivity index (χ4n) is 2.18. The maximum Gasteiger partial charge on any atom is 0.146 e. The first kappa shape index (κ1) is 10.3.